The number of hydrogen-bond donors (Lipinski definition) is 0. The van der Waals surface area contributed by atoms with Crippen LogP contribution in [0, 0.1) is 0 Å². The number of hydrogen-bond acceptors (Lipinski definition) is 3. The van der Waals surface area contributed by atoms with Crippen molar-refractivity contribution in [1.29, 1.82) is 0 Å². The van der Waals surface area contributed by atoms with Crippen LogP contribution in [0.5, 0.6) is 11.5 Å². The van der Waals surface area contributed by atoms with E-state index in [2.05, 4.69) is 6.92 Å². The maximum Gasteiger partial charge on any atom is 0.193 e. The molecule has 0 spiro atoms. The van der Waals surface area contributed by atoms with Gasteiger partial charge in [0, 0.05) is 22.6 Å². The maximum absolute atomic E-state index is 12.7. The van der Waals surface area contributed by atoms with Crippen molar-refractivity contribution in [2.45, 2.75) is 12.8 Å². The zero-order valence-electron chi connectivity index (χ0n) is 11.6. The van der Waals surface area contributed by atoms with Gasteiger partial charge < -0.3 is 9.47 Å². The van der Waals surface area contributed by atoms with Crippen LogP contribution in [0.15, 0.2) is 42.5 Å². The van der Waals surface area contributed by atoms with Crippen molar-refractivity contribution in [2.24, 2.45) is 0 Å². The van der Waals surface area contributed by atoms with Crippen molar-refractivity contribution in [3.05, 3.63) is 59.2 Å². The summed E-state index contributed by atoms with van der Waals surface area (Å²) in [5.41, 5.74) is 2.36. The van der Waals surface area contributed by atoms with Gasteiger partial charge in [0.15, 0.2) is 17.3 Å². The molecule has 0 aliphatic carbocycles. The number of benzene rings is 2. The maximum atomic E-state index is 12.7. The van der Waals surface area contributed by atoms with E-state index in [1.807, 2.05) is 36.4 Å². The third kappa shape index (κ3) is 1.95. The SMILES string of the molecule is COc1ccc(C(=O)c2ccccc2)c2c1OCC2C. The van der Waals surface area contributed by atoms with Crippen LogP contribution in [0.1, 0.15) is 34.3 Å². The smallest absolute Gasteiger partial charge is 0.193 e. The Morgan fingerprint density at radius 3 is 2.65 bits per heavy atom. The Kier molecular flexibility index (Phi) is 3.18. The van der Waals surface area contributed by atoms with Crippen LogP contribution in [0.4, 0.5) is 0 Å². The second kappa shape index (κ2) is 5.00. The first-order valence-electron chi connectivity index (χ1n) is 6.65. The molecule has 0 bridgehead atoms. The fourth-order valence-electron chi connectivity index (χ4n) is 2.61. The molecule has 102 valence electrons. The summed E-state index contributed by atoms with van der Waals surface area (Å²) in [7, 11) is 1.61. The molecule has 2 aromatic carbocycles. The fourth-order valence-corrected chi connectivity index (χ4v) is 2.61. The number of ketones is 1. The van der Waals surface area contributed by atoms with Crippen molar-refractivity contribution in [3.63, 3.8) is 0 Å². The average Bonchev–Trinajstić information content (AvgIpc) is 2.89. The zero-order chi connectivity index (χ0) is 14.1. The fraction of sp³-hybridized carbons (Fsp3) is 0.235. The number of fused-ring (bicyclic) bond motifs is 1. The van der Waals surface area contributed by atoms with Crippen molar-refractivity contribution < 1.29 is 14.3 Å². The van der Waals surface area contributed by atoms with Crippen LogP contribution in [-0.2, 0) is 0 Å². The number of carbonyl (C=O) groups excluding carboxylic acids is 1. The first-order chi connectivity index (χ1) is 9.72. The molecule has 3 heteroatoms. The molecule has 1 heterocycles. The summed E-state index contributed by atoms with van der Waals surface area (Å²) in [6, 6.07) is 12.9. The minimum absolute atomic E-state index is 0.0295. The predicted octanol–water partition coefficient (Wildman–Crippen LogP) is 3.42. The first-order valence-corrected chi connectivity index (χ1v) is 6.65. The Hall–Kier alpha value is -2.29. The first kappa shape index (κ1) is 12.7. The summed E-state index contributed by atoms with van der Waals surface area (Å²) in [4.78, 5) is 12.7. The van der Waals surface area contributed by atoms with Crippen LogP contribution in [0.25, 0.3) is 0 Å². The molecule has 0 aromatic heterocycles. The van der Waals surface area contributed by atoms with Gasteiger partial charge in [-0.2, -0.15) is 0 Å². The molecule has 1 atom stereocenters. The van der Waals surface area contributed by atoms with Gasteiger partial charge in [-0.1, -0.05) is 37.3 Å². The Bertz CT molecular complexity index is 647. The zero-order valence-corrected chi connectivity index (χ0v) is 11.6. The van der Waals surface area contributed by atoms with E-state index >= 15 is 0 Å². The highest BCUT2D eigenvalue weighted by Gasteiger charge is 2.29. The van der Waals surface area contributed by atoms with Crippen LogP contribution < -0.4 is 9.47 Å². The van der Waals surface area contributed by atoms with Gasteiger partial charge in [0.2, 0.25) is 0 Å². The van der Waals surface area contributed by atoms with E-state index < -0.39 is 0 Å². The van der Waals surface area contributed by atoms with Gasteiger partial charge in [0.05, 0.1) is 13.7 Å². The summed E-state index contributed by atoms with van der Waals surface area (Å²) in [6.45, 7) is 2.65. The van der Waals surface area contributed by atoms with E-state index in [1.54, 1.807) is 13.2 Å². The highest BCUT2D eigenvalue weighted by atomic mass is 16.5. The molecule has 0 amide bonds. The van der Waals surface area contributed by atoms with E-state index in [0.717, 1.165) is 5.56 Å². The average molecular weight is 268 g/mol. The van der Waals surface area contributed by atoms with Gasteiger partial charge in [-0.15, -0.1) is 0 Å². The summed E-state index contributed by atoms with van der Waals surface area (Å²) >= 11 is 0. The second-order valence-corrected chi connectivity index (χ2v) is 4.97. The van der Waals surface area contributed by atoms with E-state index in [9.17, 15) is 4.79 Å². The van der Waals surface area contributed by atoms with E-state index in [4.69, 9.17) is 9.47 Å². The molecule has 3 rings (SSSR count). The van der Waals surface area contributed by atoms with Gasteiger partial charge in [-0.3, -0.25) is 4.79 Å². The highest BCUT2D eigenvalue weighted by Crippen LogP contribution is 2.43. The molecule has 1 aliphatic rings. The monoisotopic (exact) mass is 268 g/mol. The second-order valence-electron chi connectivity index (χ2n) is 4.97. The van der Waals surface area contributed by atoms with E-state index in [1.165, 1.54) is 0 Å². The molecular weight excluding hydrogens is 252 g/mol. The Morgan fingerprint density at radius 2 is 1.95 bits per heavy atom. The lowest BCUT2D eigenvalue weighted by atomic mass is 9.92. The number of ether oxygens (including phenoxy) is 2. The van der Waals surface area contributed by atoms with Crippen molar-refractivity contribution in [1.82, 2.24) is 0 Å². The summed E-state index contributed by atoms with van der Waals surface area (Å²) in [5, 5.41) is 0. The highest BCUT2D eigenvalue weighted by molar-refractivity contribution is 6.10. The molecule has 3 nitrogen and oxygen atoms in total. The minimum atomic E-state index is 0.0295. The van der Waals surface area contributed by atoms with Crippen molar-refractivity contribution in [2.75, 3.05) is 13.7 Å². The van der Waals surface area contributed by atoms with Gasteiger partial charge >= 0.3 is 0 Å². The van der Waals surface area contributed by atoms with Crippen molar-refractivity contribution >= 4 is 5.78 Å². The number of carbonyl (C=O) groups is 1. The lowest BCUT2D eigenvalue weighted by molar-refractivity contribution is 0.103. The van der Waals surface area contributed by atoms with Gasteiger partial charge in [0.25, 0.3) is 0 Å². The van der Waals surface area contributed by atoms with Gasteiger partial charge in [0.1, 0.15) is 0 Å². The van der Waals surface area contributed by atoms with E-state index in [0.29, 0.717) is 29.2 Å². The lowest BCUT2D eigenvalue weighted by Crippen LogP contribution is -2.06. The molecule has 1 aliphatic heterocycles. The Balaban J connectivity index is 2.12. The number of rotatable bonds is 3. The molecule has 0 saturated heterocycles. The topological polar surface area (TPSA) is 35.5 Å². The molecule has 0 radical (unpaired) electrons. The molecule has 1 unspecified atom stereocenters. The van der Waals surface area contributed by atoms with Crippen molar-refractivity contribution in [3.8, 4) is 11.5 Å². The number of methoxy groups -OCH3 is 1. The summed E-state index contributed by atoms with van der Waals surface area (Å²) < 4.78 is 11.0. The largest absolute Gasteiger partial charge is 0.493 e. The van der Waals surface area contributed by atoms with Crippen LogP contribution >= 0.6 is 0 Å². The summed E-state index contributed by atoms with van der Waals surface area (Å²) in [6.07, 6.45) is 0. The predicted molar refractivity (Wildman–Crippen MR) is 76.8 cm³/mol. The van der Waals surface area contributed by atoms with Crippen LogP contribution in [0.2, 0.25) is 0 Å². The Morgan fingerprint density at radius 1 is 1.20 bits per heavy atom. The third-order valence-corrected chi connectivity index (χ3v) is 3.63. The molecular formula is C17H16O3. The molecule has 0 fully saturated rings. The molecule has 0 N–H and O–H groups in total. The minimum Gasteiger partial charge on any atom is -0.493 e. The Labute approximate surface area is 118 Å². The standard InChI is InChI=1S/C17H16O3/c1-11-10-20-17-14(19-2)9-8-13(15(11)17)16(18)12-6-4-3-5-7-12/h3-9,11H,10H2,1-2H3. The van der Waals surface area contributed by atoms with Gasteiger partial charge in [-0.05, 0) is 12.1 Å². The quantitative estimate of drug-likeness (QED) is 0.800. The lowest BCUT2D eigenvalue weighted by Gasteiger charge is -2.12. The van der Waals surface area contributed by atoms with Crippen LogP contribution in [-0.4, -0.2) is 19.5 Å². The normalized spacial score (nSPS) is 16.4. The molecule has 2 aromatic rings. The molecule has 0 saturated carbocycles. The van der Waals surface area contributed by atoms with Gasteiger partial charge in [-0.25, -0.2) is 0 Å². The van der Waals surface area contributed by atoms with E-state index in [-0.39, 0.29) is 11.7 Å². The summed E-state index contributed by atoms with van der Waals surface area (Å²) in [5.74, 6) is 1.63. The van der Waals surface area contributed by atoms with Crippen LogP contribution in [0.3, 0.4) is 0 Å². The molecule has 20 heavy (non-hydrogen) atoms. The third-order valence-electron chi connectivity index (χ3n) is 3.63.